The van der Waals surface area contributed by atoms with E-state index in [1.807, 2.05) is 0 Å². The largest absolute Gasteiger partial charge is 0.476 e. The van der Waals surface area contributed by atoms with Gasteiger partial charge in [-0.15, -0.1) is 4.18 Å². The first kappa shape index (κ1) is 6.44. The maximum Gasteiger partial charge on any atom is 0.392 e. The van der Waals surface area contributed by atoms with Crippen LogP contribution in [0.4, 0.5) is 0 Å². The van der Waals surface area contributed by atoms with E-state index in [2.05, 4.69) is 8.75 Å². The topological polar surface area (TPSA) is 44.2 Å². The molecule has 0 radical (unpaired) electrons. The third-order valence-electron chi connectivity index (χ3n) is 0.780. The smallest absolute Gasteiger partial charge is 0.392 e. The predicted molar refractivity (Wildman–Crippen MR) is 33.6 cm³/mol. The first-order chi connectivity index (χ1) is 4.36. The third kappa shape index (κ3) is 1.36. The molecule has 0 amide bonds. The van der Waals surface area contributed by atoms with E-state index in [-0.39, 0.29) is 0 Å². The zero-order chi connectivity index (χ0) is 6.69. The van der Waals surface area contributed by atoms with Gasteiger partial charge in [-0.05, 0) is 0 Å². The lowest BCUT2D eigenvalue weighted by molar-refractivity contribution is 0.400. The molecular weight excluding hydrogens is 140 g/mol. The highest BCUT2D eigenvalue weighted by Crippen LogP contribution is 2.11. The fourth-order valence-electron chi connectivity index (χ4n) is 0.385. The number of methoxy groups -OCH3 is 1. The molecule has 1 heterocycles. The molecule has 50 valence electrons. The fourth-order valence-corrected chi connectivity index (χ4v) is 1.05. The van der Waals surface area contributed by atoms with Crippen molar-refractivity contribution in [2.24, 2.45) is 0 Å². The van der Waals surface area contributed by atoms with Crippen molar-refractivity contribution in [3.63, 3.8) is 0 Å². The lowest BCUT2D eigenvalue weighted by Gasteiger charge is -1.80. The summed E-state index contributed by atoms with van der Waals surface area (Å²) >= 11 is -0.632. The lowest BCUT2D eigenvalue weighted by Crippen LogP contribution is -1.83. The van der Waals surface area contributed by atoms with Crippen LogP contribution >= 0.6 is 11.1 Å². The molecule has 0 saturated heterocycles. The van der Waals surface area contributed by atoms with Crippen LogP contribution in [0.15, 0.2) is 6.20 Å². The summed E-state index contributed by atoms with van der Waals surface area (Å²) < 4.78 is 17.3. The summed E-state index contributed by atoms with van der Waals surface area (Å²) in [6.07, 6.45) is 1.55. The van der Waals surface area contributed by atoms with Crippen LogP contribution in [0, 0.1) is 0 Å². The van der Waals surface area contributed by atoms with Gasteiger partial charge >= 0.3 is 11.1 Å². The van der Waals surface area contributed by atoms with Crippen molar-refractivity contribution < 1.29 is 8.92 Å². The molecule has 0 aromatic carbocycles. The molecule has 5 heteroatoms. The van der Waals surface area contributed by atoms with Crippen molar-refractivity contribution in [2.75, 3.05) is 14.2 Å². The Labute approximate surface area is 55.9 Å². The van der Waals surface area contributed by atoms with E-state index in [1.54, 1.807) is 20.4 Å². The van der Waals surface area contributed by atoms with Crippen LogP contribution in [-0.4, -0.2) is 23.0 Å². The van der Waals surface area contributed by atoms with Gasteiger partial charge in [-0.2, -0.15) is 0 Å². The minimum Gasteiger partial charge on any atom is -0.476 e. The van der Waals surface area contributed by atoms with Crippen LogP contribution in [-0.2, 0) is 0 Å². The van der Waals surface area contributed by atoms with E-state index in [1.165, 1.54) is 0 Å². The maximum absolute atomic E-state index is 4.81. The molecule has 9 heavy (non-hydrogen) atoms. The Morgan fingerprint density at radius 1 is 1.56 bits per heavy atom. The average Bonchev–Trinajstić information content (AvgIpc) is 2.34. The molecular formula is C4H7N2O2S+. The monoisotopic (exact) mass is 147 g/mol. The second kappa shape index (κ2) is 2.75. The molecule has 4 nitrogen and oxygen atoms in total. The highest BCUT2D eigenvalue weighted by atomic mass is 32.2. The molecule has 0 saturated carbocycles. The van der Waals surface area contributed by atoms with Crippen molar-refractivity contribution in [1.82, 2.24) is 8.75 Å². The number of hydrogen-bond donors (Lipinski definition) is 0. The van der Waals surface area contributed by atoms with Gasteiger partial charge < -0.3 is 4.74 Å². The number of hydrogen-bond acceptors (Lipinski definition) is 4. The van der Waals surface area contributed by atoms with Crippen LogP contribution in [0.3, 0.4) is 0 Å². The standard InChI is InChI=1S/C4H7N2O2S/c1-7-4-3-5-9(6-4)8-2/h3H,1-2H3/q+1. The Morgan fingerprint density at radius 3 is 2.67 bits per heavy atom. The molecule has 0 N–H and O–H groups in total. The van der Waals surface area contributed by atoms with Crippen LogP contribution in [0.1, 0.15) is 0 Å². The molecule has 0 aliphatic rings. The van der Waals surface area contributed by atoms with E-state index >= 15 is 0 Å². The molecule has 0 bridgehead atoms. The minimum atomic E-state index is -0.632. The lowest BCUT2D eigenvalue weighted by atomic mass is 10.9. The highest BCUT2D eigenvalue weighted by Gasteiger charge is 2.10. The maximum atomic E-state index is 4.81. The summed E-state index contributed by atoms with van der Waals surface area (Å²) in [4.78, 5) is 0. The molecule has 0 aliphatic heterocycles. The van der Waals surface area contributed by atoms with Crippen LogP contribution in [0.25, 0.3) is 0 Å². The molecule has 0 fully saturated rings. The van der Waals surface area contributed by atoms with E-state index in [9.17, 15) is 0 Å². The summed E-state index contributed by atoms with van der Waals surface area (Å²) in [6.45, 7) is 0. The quantitative estimate of drug-likeness (QED) is 0.564. The van der Waals surface area contributed by atoms with Gasteiger partial charge in [-0.25, -0.2) is 0 Å². The van der Waals surface area contributed by atoms with Crippen LogP contribution in [0.2, 0.25) is 0 Å². The van der Waals surface area contributed by atoms with E-state index in [0.717, 1.165) is 0 Å². The zero-order valence-corrected chi connectivity index (χ0v) is 6.01. The van der Waals surface area contributed by atoms with Crippen molar-refractivity contribution in [3.8, 4) is 5.88 Å². The Balaban J connectivity index is 2.74. The van der Waals surface area contributed by atoms with Gasteiger partial charge in [0.1, 0.15) is 7.11 Å². The van der Waals surface area contributed by atoms with Gasteiger partial charge in [-0.1, -0.05) is 0 Å². The predicted octanol–water partition coefficient (Wildman–Crippen LogP) is 0.293. The van der Waals surface area contributed by atoms with Gasteiger partial charge in [0.15, 0.2) is 6.20 Å². The van der Waals surface area contributed by atoms with Crippen LogP contribution < -0.4 is 8.92 Å². The summed E-state index contributed by atoms with van der Waals surface area (Å²) in [6, 6.07) is 0. The van der Waals surface area contributed by atoms with Gasteiger partial charge in [0, 0.05) is 4.37 Å². The summed E-state index contributed by atoms with van der Waals surface area (Å²) in [5.41, 5.74) is 0. The zero-order valence-electron chi connectivity index (χ0n) is 5.20. The first-order valence-electron chi connectivity index (χ1n) is 2.32. The Morgan fingerprint density at radius 2 is 2.33 bits per heavy atom. The molecule has 1 aromatic heterocycles. The Hall–Kier alpha value is -0.680. The Bertz CT molecular complexity index is 170. The minimum absolute atomic E-state index is 0.528. The number of aromatic nitrogens is 2. The highest BCUT2D eigenvalue weighted by molar-refractivity contribution is 7.15. The molecule has 1 atom stereocenters. The van der Waals surface area contributed by atoms with Gasteiger partial charge in [-0.3, -0.25) is 0 Å². The fraction of sp³-hybridized carbons (Fsp3) is 0.500. The third-order valence-corrected chi connectivity index (χ3v) is 1.70. The van der Waals surface area contributed by atoms with Gasteiger partial charge in [0.2, 0.25) is 0 Å². The Kier molecular flexibility index (Phi) is 1.96. The van der Waals surface area contributed by atoms with Crippen molar-refractivity contribution >= 4 is 11.1 Å². The number of rotatable bonds is 2. The normalized spacial score (nSPS) is 11.6. The molecule has 1 unspecified atom stereocenters. The van der Waals surface area contributed by atoms with Crippen molar-refractivity contribution in [2.45, 2.75) is 0 Å². The molecule has 0 aliphatic carbocycles. The van der Waals surface area contributed by atoms with Gasteiger partial charge in [0.25, 0.3) is 5.88 Å². The van der Waals surface area contributed by atoms with Crippen molar-refractivity contribution in [1.29, 1.82) is 0 Å². The average molecular weight is 147 g/mol. The van der Waals surface area contributed by atoms with Crippen LogP contribution in [0.5, 0.6) is 5.88 Å². The molecule has 1 aromatic rings. The summed E-state index contributed by atoms with van der Waals surface area (Å²) in [5.74, 6) is 0.528. The summed E-state index contributed by atoms with van der Waals surface area (Å²) in [7, 11) is 3.11. The van der Waals surface area contributed by atoms with E-state index in [0.29, 0.717) is 5.88 Å². The number of ether oxygens (including phenoxy) is 1. The summed E-state index contributed by atoms with van der Waals surface area (Å²) in [5, 5.41) is 0. The molecule has 1 rings (SSSR count). The van der Waals surface area contributed by atoms with Gasteiger partial charge in [0.05, 0.1) is 11.5 Å². The first-order valence-corrected chi connectivity index (χ1v) is 3.39. The second-order valence-corrected chi connectivity index (χ2v) is 2.45. The number of nitrogens with zero attached hydrogens (tertiary/aromatic N) is 2. The van der Waals surface area contributed by atoms with Crippen molar-refractivity contribution in [3.05, 3.63) is 6.20 Å². The molecule has 0 spiro atoms. The SMILES string of the molecule is COc1cn[s+](OC)n1. The second-order valence-electron chi connectivity index (χ2n) is 1.27. The van der Waals surface area contributed by atoms with E-state index < -0.39 is 11.1 Å². The van der Waals surface area contributed by atoms with E-state index in [4.69, 9.17) is 8.92 Å².